The first-order valence-electron chi connectivity index (χ1n) is 5.00. The Labute approximate surface area is 87.5 Å². The van der Waals surface area contributed by atoms with E-state index in [1.807, 2.05) is 6.92 Å². The van der Waals surface area contributed by atoms with Gasteiger partial charge in [-0.25, -0.2) is 4.98 Å². The number of rotatable bonds is 2. The molecule has 1 fully saturated rings. The molecule has 1 aliphatic carbocycles. The average molecular weight is 213 g/mol. The average Bonchev–Trinajstić information content (AvgIpc) is 2.56. The van der Waals surface area contributed by atoms with Crippen molar-refractivity contribution in [1.29, 1.82) is 0 Å². The second-order valence-electron chi connectivity index (χ2n) is 3.75. The fourth-order valence-corrected chi connectivity index (χ4v) is 2.43. The van der Waals surface area contributed by atoms with Crippen LogP contribution in [-0.4, -0.2) is 26.6 Å². The van der Waals surface area contributed by atoms with Crippen molar-refractivity contribution in [2.45, 2.75) is 44.8 Å². The lowest BCUT2D eigenvalue weighted by Crippen LogP contribution is -2.36. The summed E-state index contributed by atoms with van der Waals surface area (Å²) in [6, 6.07) is 0.163. The molecule has 1 aromatic heterocycles. The van der Waals surface area contributed by atoms with E-state index in [-0.39, 0.29) is 12.1 Å². The minimum atomic E-state index is -0.229. The number of anilines is 1. The maximum absolute atomic E-state index is 9.73. The molecule has 1 saturated carbocycles. The Bertz CT molecular complexity index is 302. The van der Waals surface area contributed by atoms with Crippen LogP contribution in [0, 0.1) is 6.92 Å². The number of hydrogen-bond donors (Lipinski definition) is 2. The number of hydrogen-bond acceptors (Lipinski definition) is 5. The van der Waals surface area contributed by atoms with Crippen molar-refractivity contribution in [3.8, 4) is 0 Å². The van der Waals surface area contributed by atoms with Crippen molar-refractivity contribution in [3.05, 3.63) is 5.82 Å². The summed E-state index contributed by atoms with van der Waals surface area (Å²) in [6.07, 6.45) is 4.02. The molecule has 0 bridgehead atoms. The number of nitrogens with zero attached hydrogens (tertiary/aromatic N) is 2. The smallest absolute Gasteiger partial charge is 0.202 e. The Hall–Kier alpha value is -0.680. The Morgan fingerprint density at radius 2 is 2.21 bits per heavy atom. The largest absolute Gasteiger partial charge is 0.391 e. The van der Waals surface area contributed by atoms with Gasteiger partial charge in [0.05, 0.1) is 12.1 Å². The van der Waals surface area contributed by atoms with Crippen molar-refractivity contribution >= 4 is 16.7 Å². The highest BCUT2D eigenvalue weighted by molar-refractivity contribution is 7.09. The summed E-state index contributed by atoms with van der Waals surface area (Å²) < 4.78 is 4.09. The number of aliphatic hydroxyl groups excluding tert-OH is 1. The molecule has 1 aromatic rings. The molecule has 1 aliphatic rings. The van der Waals surface area contributed by atoms with Gasteiger partial charge in [0, 0.05) is 11.5 Å². The molecule has 78 valence electrons. The summed E-state index contributed by atoms with van der Waals surface area (Å²) in [5.41, 5.74) is 0. The first-order valence-corrected chi connectivity index (χ1v) is 5.78. The molecule has 0 amide bonds. The Morgan fingerprint density at radius 3 is 2.86 bits per heavy atom. The predicted octanol–water partition coefficient (Wildman–Crippen LogP) is 1.56. The zero-order valence-corrected chi connectivity index (χ0v) is 9.05. The molecule has 14 heavy (non-hydrogen) atoms. The molecule has 5 heteroatoms. The molecule has 0 saturated heterocycles. The SMILES string of the molecule is Cc1nsc(N[C@@H]2CCCC[C@H]2O)n1. The van der Waals surface area contributed by atoms with Gasteiger partial charge < -0.3 is 10.4 Å². The summed E-state index contributed by atoms with van der Waals surface area (Å²) in [5, 5.41) is 13.8. The van der Waals surface area contributed by atoms with Gasteiger partial charge in [0.15, 0.2) is 0 Å². The van der Waals surface area contributed by atoms with Crippen LogP contribution in [0.2, 0.25) is 0 Å². The molecular formula is C9H15N3OS. The van der Waals surface area contributed by atoms with Crippen LogP contribution in [0.1, 0.15) is 31.5 Å². The van der Waals surface area contributed by atoms with Gasteiger partial charge in [0.25, 0.3) is 0 Å². The topological polar surface area (TPSA) is 58.0 Å². The van der Waals surface area contributed by atoms with Crippen molar-refractivity contribution in [2.24, 2.45) is 0 Å². The highest BCUT2D eigenvalue weighted by atomic mass is 32.1. The Morgan fingerprint density at radius 1 is 1.43 bits per heavy atom. The lowest BCUT2D eigenvalue weighted by molar-refractivity contribution is 0.116. The predicted molar refractivity (Wildman–Crippen MR) is 56.5 cm³/mol. The standard InChI is InChI=1S/C9H15N3OS/c1-6-10-9(14-12-6)11-7-4-2-3-5-8(7)13/h7-8,13H,2-5H2,1H3,(H,10,11,12)/t7-,8-/m1/s1. The van der Waals surface area contributed by atoms with E-state index in [2.05, 4.69) is 14.7 Å². The van der Waals surface area contributed by atoms with Crippen LogP contribution in [0.5, 0.6) is 0 Å². The third-order valence-electron chi connectivity index (χ3n) is 2.57. The summed E-state index contributed by atoms with van der Waals surface area (Å²) in [5.74, 6) is 0.794. The third kappa shape index (κ3) is 2.22. The molecule has 0 aromatic carbocycles. The molecule has 2 N–H and O–H groups in total. The highest BCUT2D eigenvalue weighted by Crippen LogP contribution is 2.22. The molecule has 0 unspecified atom stereocenters. The van der Waals surface area contributed by atoms with Gasteiger partial charge in [0.1, 0.15) is 5.82 Å². The molecule has 0 spiro atoms. The van der Waals surface area contributed by atoms with Gasteiger partial charge in [-0.2, -0.15) is 4.37 Å². The fourth-order valence-electron chi connectivity index (χ4n) is 1.79. The Kier molecular flexibility index (Phi) is 2.98. The van der Waals surface area contributed by atoms with Crippen molar-refractivity contribution in [1.82, 2.24) is 9.36 Å². The van der Waals surface area contributed by atoms with Crippen LogP contribution < -0.4 is 5.32 Å². The minimum absolute atomic E-state index is 0.163. The van der Waals surface area contributed by atoms with Crippen molar-refractivity contribution in [2.75, 3.05) is 5.32 Å². The van der Waals surface area contributed by atoms with Gasteiger partial charge in [-0.1, -0.05) is 12.8 Å². The summed E-state index contributed by atoms with van der Waals surface area (Å²) in [7, 11) is 0. The molecule has 2 atom stereocenters. The van der Waals surface area contributed by atoms with E-state index in [0.717, 1.165) is 30.2 Å². The van der Waals surface area contributed by atoms with E-state index in [1.54, 1.807) is 0 Å². The second-order valence-corrected chi connectivity index (χ2v) is 4.50. The van der Waals surface area contributed by atoms with E-state index in [4.69, 9.17) is 0 Å². The number of aryl methyl sites for hydroxylation is 1. The van der Waals surface area contributed by atoms with E-state index in [0.29, 0.717) is 0 Å². The van der Waals surface area contributed by atoms with Gasteiger partial charge in [0.2, 0.25) is 5.13 Å². The second kappa shape index (κ2) is 4.23. The van der Waals surface area contributed by atoms with E-state index in [1.165, 1.54) is 18.0 Å². The zero-order chi connectivity index (χ0) is 9.97. The lowest BCUT2D eigenvalue weighted by atomic mass is 9.93. The van der Waals surface area contributed by atoms with E-state index >= 15 is 0 Å². The van der Waals surface area contributed by atoms with Gasteiger partial charge >= 0.3 is 0 Å². The summed E-state index contributed by atoms with van der Waals surface area (Å²) >= 11 is 1.36. The highest BCUT2D eigenvalue weighted by Gasteiger charge is 2.23. The minimum Gasteiger partial charge on any atom is -0.391 e. The van der Waals surface area contributed by atoms with Gasteiger partial charge in [-0.3, -0.25) is 0 Å². The van der Waals surface area contributed by atoms with Crippen LogP contribution in [-0.2, 0) is 0 Å². The third-order valence-corrected chi connectivity index (χ3v) is 3.30. The van der Waals surface area contributed by atoms with Crippen LogP contribution in [0.25, 0.3) is 0 Å². The molecule has 0 radical (unpaired) electrons. The van der Waals surface area contributed by atoms with Crippen molar-refractivity contribution < 1.29 is 5.11 Å². The molecular weight excluding hydrogens is 198 g/mol. The molecule has 4 nitrogen and oxygen atoms in total. The van der Waals surface area contributed by atoms with Crippen LogP contribution >= 0.6 is 11.5 Å². The van der Waals surface area contributed by atoms with E-state index < -0.39 is 0 Å². The van der Waals surface area contributed by atoms with Crippen LogP contribution in [0.15, 0.2) is 0 Å². The fraction of sp³-hybridized carbons (Fsp3) is 0.778. The lowest BCUT2D eigenvalue weighted by Gasteiger charge is -2.27. The number of aromatic nitrogens is 2. The maximum Gasteiger partial charge on any atom is 0.202 e. The van der Waals surface area contributed by atoms with Gasteiger partial charge in [-0.15, -0.1) is 0 Å². The first-order chi connectivity index (χ1) is 6.75. The monoisotopic (exact) mass is 213 g/mol. The summed E-state index contributed by atoms with van der Waals surface area (Å²) in [4.78, 5) is 4.22. The van der Waals surface area contributed by atoms with E-state index in [9.17, 15) is 5.11 Å². The molecule has 2 rings (SSSR count). The quantitative estimate of drug-likeness (QED) is 0.782. The van der Waals surface area contributed by atoms with Gasteiger partial charge in [-0.05, 0) is 19.8 Å². The number of nitrogens with one attached hydrogen (secondary N) is 1. The molecule has 1 heterocycles. The molecule has 0 aliphatic heterocycles. The van der Waals surface area contributed by atoms with Crippen LogP contribution in [0.3, 0.4) is 0 Å². The number of aliphatic hydroxyl groups is 1. The van der Waals surface area contributed by atoms with Crippen molar-refractivity contribution in [3.63, 3.8) is 0 Å². The summed E-state index contributed by atoms with van der Waals surface area (Å²) in [6.45, 7) is 1.87. The first kappa shape index (κ1) is 9.86. The maximum atomic E-state index is 9.73. The Balaban J connectivity index is 1.95. The zero-order valence-electron chi connectivity index (χ0n) is 8.23. The normalized spacial score (nSPS) is 27.6. The van der Waals surface area contributed by atoms with Crippen LogP contribution in [0.4, 0.5) is 5.13 Å².